The minimum atomic E-state index is -0.625. The number of halogens is 1. The molecule has 0 aliphatic carbocycles. The Balaban J connectivity index is 2.21. The van der Waals surface area contributed by atoms with Crippen LogP contribution in [0.1, 0.15) is 20.7 Å². The third kappa shape index (κ3) is 3.96. The molecule has 0 heterocycles. The van der Waals surface area contributed by atoms with Crippen LogP contribution in [0.4, 0.5) is 5.69 Å². The molecule has 1 amide bonds. The Morgan fingerprint density at radius 3 is 2.36 bits per heavy atom. The van der Waals surface area contributed by atoms with Crippen molar-refractivity contribution in [3.63, 3.8) is 0 Å². The zero-order valence-electron chi connectivity index (χ0n) is 11.5. The number of hydrogen-bond donors (Lipinski definition) is 1. The topological polar surface area (TPSA) is 55.4 Å². The predicted octanol–water partition coefficient (Wildman–Crippen LogP) is 3.49. The maximum Gasteiger partial charge on any atom is 0.339 e. The highest BCUT2D eigenvalue weighted by Gasteiger charge is 2.17. The zero-order chi connectivity index (χ0) is 15.9. The van der Waals surface area contributed by atoms with Gasteiger partial charge in [-0.05, 0) is 36.4 Å². The Morgan fingerprint density at radius 2 is 1.73 bits per heavy atom. The van der Waals surface area contributed by atoms with Crippen LogP contribution in [0.2, 0.25) is 0 Å². The summed E-state index contributed by atoms with van der Waals surface area (Å²) in [5, 5.41) is 2.73. The molecular weight excluding hydrogens is 346 g/mol. The molecule has 0 fully saturated rings. The van der Waals surface area contributed by atoms with E-state index in [1.807, 2.05) is 12.1 Å². The van der Waals surface area contributed by atoms with Gasteiger partial charge in [-0.15, -0.1) is 6.42 Å². The first kappa shape index (κ1) is 15.8. The van der Waals surface area contributed by atoms with E-state index in [4.69, 9.17) is 11.2 Å². The second-order valence-electron chi connectivity index (χ2n) is 4.29. The van der Waals surface area contributed by atoms with E-state index in [0.29, 0.717) is 5.69 Å². The second kappa shape index (κ2) is 7.43. The van der Waals surface area contributed by atoms with Gasteiger partial charge in [-0.25, -0.2) is 4.79 Å². The maximum absolute atomic E-state index is 12.3. The fourth-order valence-electron chi connectivity index (χ4n) is 1.78. The molecule has 0 saturated heterocycles. The van der Waals surface area contributed by atoms with Gasteiger partial charge >= 0.3 is 5.97 Å². The highest BCUT2D eigenvalue weighted by Crippen LogP contribution is 2.17. The third-order valence-corrected chi connectivity index (χ3v) is 3.31. The Labute approximate surface area is 136 Å². The highest BCUT2D eigenvalue weighted by molar-refractivity contribution is 9.10. The molecule has 0 spiro atoms. The van der Waals surface area contributed by atoms with Crippen molar-refractivity contribution in [3.05, 3.63) is 64.1 Å². The van der Waals surface area contributed by atoms with Gasteiger partial charge in [0.1, 0.15) is 0 Å². The van der Waals surface area contributed by atoms with Crippen molar-refractivity contribution in [1.82, 2.24) is 0 Å². The van der Waals surface area contributed by atoms with Crippen molar-refractivity contribution >= 4 is 33.5 Å². The molecule has 4 nitrogen and oxygen atoms in total. The molecular formula is C17H12BrNO3. The number of carbonyl (C=O) groups excluding carboxylic acids is 2. The summed E-state index contributed by atoms with van der Waals surface area (Å²) in [6.07, 6.45) is 5.06. The van der Waals surface area contributed by atoms with E-state index < -0.39 is 11.9 Å². The van der Waals surface area contributed by atoms with Gasteiger partial charge in [0.15, 0.2) is 6.61 Å². The van der Waals surface area contributed by atoms with Gasteiger partial charge in [-0.2, -0.15) is 0 Å². The average molecular weight is 358 g/mol. The van der Waals surface area contributed by atoms with Gasteiger partial charge in [0, 0.05) is 10.2 Å². The van der Waals surface area contributed by atoms with E-state index in [2.05, 4.69) is 27.2 Å². The fraction of sp³-hybridized carbons (Fsp3) is 0.0588. The van der Waals surface area contributed by atoms with E-state index in [9.17, 15) is 9.59 Å². The average Bonchev–Trinajstić information content (AvgIpc) is 2.54. The lowest BCUT2D eigenvalue weighted by molar-refractivity contribution is 0.0553. The Hall–Kier alpha value is -2.58. The number of amides is 1. The number of carbonyl (C=O) groups is 2. The summed E-state index contributed by atoms with van der Waals surface area (Å²) in [6, 6.07) is 13.5. The van der Waals surface area contributed by atoms with Gasteiger partial charge < -0.3 is 10.1 Å². The van der Waals surface area contributed by atoms with Crippen LogP contribution in [-0.4, -0.2) is 18.5 Å². The highest BCUT2D eigenvalue weighted by atomic mass is 79.9. The van der Waals surface area contributed by atoms with Gasteiger partial charge in [0.05, 0.1) is 11.1 Å². The molecule has 0 saturated carbocycles. The largest absolute Gasteiger partial charge is 0.449 e. The van der Waals surface area contributed by atoms with Crippen molar-refractivity contribution < 1.29 is 14.3 Å². The van der Waals surface area contributed by atoms with Crippen LogP contribution in [0, 0.1) is 12.3 Å². The van der Waals surface area contributed by atoms with Crippen LogP contribution < -0.4 is 5.32 Å². The molecule has 110 valence electrons. The number of esters is 1. The Bertz CT molecular complexity index is 732. The summed E-state index contributed by atoms with van der Waals surface area (Å²) in [4.78, 5) is 24.2. The van der Waals surface area contributed by atoms with Crippen molar-refractivity contribution in [2.45, 2.75) is 0 Å². The van der Waals surface area contributed by atoms with Crippen LogP contribution in [0.3, 0.4) is 0 Å². The monoisotopic (exact) mass is 357 g/mol. The summed E-state index contributed by atoms with van der Waals surface area (Å²) in [7, 11) is 0. The zero-order valence-corrected chi connectivity index (χ0v) is 13.1. The molecule has 0 aromatic heterocycles. The number of rotatable bonds is 4. The lowest BCUT2D eigenvalue weighted by atomic mass is 10.1. The lowest BCUT2D eigenvalue weighted by Crippen LogP contribution is -2.17. The van der Waals surface area contributed by atoms with Crippen molar-refractivity contribution in [1.29, 1.82) is 0 Å². The molecule has 0 radical (unpaired) electrons. The maximum atomic E-state index is 12.3. The number of hydrogen-bond acceptors (Lipinski definition) is 3. The molecule has 2 rings (SSSR count). The first-order valence-electron chi connectivity index (χ1n) is 6.38. The van der Waals surface area contributed by atoms with E-state index in [1.165, 1.54) is 6.07 Å². The molecule has 0 bridgehead atoms. The smallest absolute Gasteiger partial charge is 0.339 e. The molecule has 2 aromatic carbocycles. The van der Waals surface area contributed by atoms with E-state index >= 15 is 0 Å². The molecule has 1 N–H and O–H groups in total. The Morgan fingerprint density at radius 1 is 1.09 bits per heavy atom. The van der Waals surface area contributed by atoms with Crippen molar-refractivity contribution in [2.75, 3.05) is 11.9 Å². The van der Waals surface area contributed by atoms with Gasteiger partial charge in [0.2, 0.25) is 0 Å². The normalized spacial score (nSPS) is 9.64. The minimum Gasteiger partial charge on any atom is -0.449 e. The standard InChI is InChI=1S/C17H12BrNO3/c1-2-11-22-17(21)15-6-4-3-5-14(15)16(20)19-13-9-7-12(18)8-10-13/h1,3-10H,11H2,(H,19,20). The summed E-state index contributed by atoms with van der Waals surface area (Å²) in [5.74, 6) is 1.20. The Kier molecular flexibility index (Phi) is 5.34. The van der Waals surface area contributed by atoms with Crippen molar-refractivity contribution in [3.8, 4) is 12.3 Å². The van der Waals surface area contributed by atoms with Crippen LogP contribution in [-0.2, 0) is 4.74 Å². The van der Waals surface area contributed by atoms with Gasteiger partial charge in [-0.3, -0.25) is 4.79 Å². The molecule has 5 heteroatoms. The summed E-state index contributed by atoms with van der Waals surface area (Å²) >= 11 is 3.32. The molecule has 0 unspecified atom stereocenters. The minimum absolute atomic E-state index is 0.137. The molecule has 22 heavy (non-hydrogen) atoms. The van der Waals surface area contributed by atoms with E-state index in [0.717, 1.165) is 4.47 Å². The summed E-state index contributed by atoms with van der Waals surface area (Å²) in [6.45, 7) is -0.137. The number of nitrogens with one attached hydrogen (secondary N) is 1. The first-order valence-corrected chi connectivity index (χ1v) is 7.17. The van der Waals surface area contributed by atoms with Gasteiger partial charge in [-0.1, -0.05) is 34.0 Å². The number of terminal acetylenes is 1. The quantitative estimate of drug-likeness (QED) is 0.673. The van der Waals surface area contributed by atoms with Gasteiger partial charge in [0.25, 0.3) is 5.91 Å². The summed E-state index contributed by atoms with van der Waals surface area (Å²) in [5.41, 5.74) is 1.03. The van der Waals surface area contributed by atoms with Crippen LogP contribution >= 0.6 is 15.9 Å². The molecule has 0 aliphatic rings. The van der Waals surface area contributed by atoms with Crippen molar-refractivity contribution in [2.24, 2.45) is 0 Å². The van der Waals surface area contributed by atoms with E-state index in [1.54, 1.807) is 30.3 Å². The van der Waals surface area contributed by atoms with Crippen LogP contribution in [0.25, 0.3) is 0 Å². The lowest BCUT2D eigenvalue weighted by Gasteiger charge is -2.09. The molecule has 0 atom stereocenters. The number of benzene rings is 2. The van der Waals surface area contributed by atoms with Crippen LogP contribution in [0.15, 0.2) is 53.0 Å². The predicted molar refractivity (Wildman–Crippen MR) is 87.7 cm³/mol. The van der Waals surface area contributed by atoms with E-state index in [-0.39, 0.29) is 17.7 Å². The van der Waals surface area contributed by atoms with Crippen LogP contribution in [0.5, 0.6) is 0 Å². The number of ether oxygens (including phenoxy) is 1. The third-order valence-electron chi connectivity index (χ3n) is 2.78. The first-order chi connectivity index (χ1) is 10.6. The molecule has 2 aromatic rings. The summed E-state index contributed by atoms with van der Waals surface area (Å²) < 4.78 is 5.78. The SMILES string of the molecule is C#CCOC(=O)c1ccccc1C(=O)Nc1ccc(Br)cc1. The number of anilines is 1. The fourth-order valence-corrected chi connectivity index (χ4v) is 2.04. The molecule has 0 aliphatic heterocycles. The second-order valence-corrected chi connectivity index (χ2v) is 5.20.